The molecule has 6 nitrogen and oxygen atoms in total. The SMILES string of the molecule is CC(C)CN1C(=O)c2ccccc2N2C(=O)CC[C@@]12C(=O)Nc1ccc(F)cc1. The van der Waals surface area contributed by atoms with Crippen LogP contribution < -0.4 is 10.2 Å². The molecule has 2 aromatic carbocycles. The molecule has 7 heteroatoms. The van der Waals surface area contributed by atoms with Crippen molar-refractivity contribution < 1.29 is 18.8 Å². The molecule has 1 atom stereocenters. The number of halogens is 1. The van der Waals surface area contributed by atoms with Gasteiger partial charge in [0.15, 0.2) is 0 Å². The van der Waals surface area contributed by atoms with E-state index in [1.807, 2.05) is 13.8 Å². The fourth-order valence-corrected chi connectivity index (χ4v) is 4.16. The lowest BCUT2D eigenvalue weighted by molar-refractivity contribution is -0.129. The van der Waals surface area contributed by atoms with Crippen LogP contribution in [0.1, 0.15) is 37.0 Å². The summed E-state index contributed by atoms with van der Waals surface area (Å²) in [5, 5.41) is 2.78. The largest absolute Gasteiger partial charge is 0.322 e. The first-order valence-corrected chi connectivity index (χ1v) is 9.65. The summed E-state index contributed by atoms with van der Waals surface area (Å²) in [6, 6.07) is 12.3. The molecule has 1 saturated heterocycles. The van der Waals surface area contributed by atoms with Crippen LogP contribution in [-0.4, -0.2) is 34.8 Å². The average Bonchev–Trinajstić information content (AvgIpc) is 3.05. The maximum atomic E-state index is 13.6. The van der Waals surface area contributed by atoms with Crippen molar-refractivity contribution in [1.29, 1.82) is 0 Å². The van der Waals surface area contributed by atoms with Crippen molar-refractivity contribution in [2.75, 3.05) is 16.8 Å². The number of nitrogens with one attached hydrogen (secondary N) is 1. The molecule has 0 bridgehead atoms. The molecule has 29 heavy (non-hydrogen) atoms. The van der Waals surface area contributed by atoms with E-state index >= 15 is 0 Å². The Morgan fingerprint density at radius 1 is 1.14 bits per heavy atom. The number of carbonyl (C=O) groups is 3. The standard InChI is InChI=1S/C22H22FN3O3/c1-14(2)13-25-20(28)17-5-3-4-6-18(17)26-19(27)11-12-22(25,26)21(29)24-16-9-7-15(23)8-10-16/h3-10,14H,11-13H2,1-2H3,(H,24,29)/t22-/m1/s1. The molecule has 2 aliphatic rings. The number of carbonyl (C=O) groups excluding carboxylic acids is 3. The normalized spacial score (nSPS) is 20.7. The smallest absolute Gasteiger partial charge is 0.271 e. The lowest BCUT2D eigenvalue weighted by Gasteiger charge is -2.49. The zero-order chi connectivity index (χ0) is 20.8. The summed E-state index contributed by atoms with van der Waals surface area (Å²) in [5.74, 6) is -1.26. The van der Waals surface area contributed by atoms with Crippen molar-refractivity contribution in [3.8, 4) is 0 Å². The van der Waals surface area contributed by atoms with Crippen molar-refractivity contribution in [2.24, 2.45) is 5.92 Å². The first-order valence-electron chi connectivity index (χ1n) is 9.65. The molecule has 2 heterocycles. The summed E-state index contributed by atoms with van der Waals surface area (Å²) in [6.07, 6.45) is 0.360. The Morgan fingerprint density at radius 3 is 2.52 bits per heavy atom. The Morgan fingerprint density at radius 2 is 1.83 bits per heavy atom. The van der Waals surface area contributed by atoms with Crippen molar-refractivity contribution >= 4 is 29.1 Å². The Bertz CT molecular complexity index is 989. The van der Waals surface area contributed by atoms with Gasteiger partial charge >= 0.3 is 0 Å². The van der Waals surface area contributed by atoms with E-state index in [1.54, 1.807) is 24.3 Å². The van der Waals surface area contributed by atoms with Crippen molar-refractivity contribution in [2.45, 2.75) is 32.4 Å². The fourth-order valence-electron chi connectivity index (χ4n) is 4.16. The predicted molar refractivity (Wildman–Crippen MR) is 107 cm³/mol. The minimum absolute atomic E-state index is 0.0947. The van der Waals surface area contributed by atoms with Crippen LogP contribution in [0.15, 0.2) is 48.5 Å². The summed E-state index contributed by atoms with van der Waals surface area (Å²) in [5.41, 5.74) is -0.176. The number of benzene rings is 2. The minimum Gasteiger partial charge on any atom is -0.322 e. The average molecular weight is 395 g/mol. The van der Waals surface area contributed by atoms with E-state index in [4.69, 9.17) is 0 Å². The number of hydrogen-bond acceptors (Lipinski definition) is 3. The van der Waals surface area contributed by atoms with Crippen LogP contribution in [0.5, 0.6) is 0 Å². The molecule has 0 saturated carbocycles. The molecule has 0 spiro atoms. The Hall–Kier alpha value is -3.22. The molecule has 1 N–H and O–H groups in total. The van der Waals surface area contributed by atoms with Gasteiger partial charge in [-0.25, -0.2) is 4.39 Å². The van der Waals surface area contributed by atoms with Gasteiger partial charge in [0.1, 0.15) is 5.82 Å². The third-order valence-corrected chi connectivity index (χ3v) is 5.39. The molecule has 2 aromatic rings. The van der Waals surface area contributed by atoms with Crippen molar-refractivity contribution in [3.05, 3.63) is 59.9 Å². The van der Waals surface area contributed by atoms with Gasteiger partial charge in [0.25, 0.3) is 11.8 Å². The van der Waals surface area contributed by atoms with Crippen LogP contribution in [0.25, 0.3) is 0 Å². The molecule has 1 fully saturated rings. The third-order valence-electron chi connectivity index (χ3n) is 5.39. The quantitative estimate of drug-likeness (QED) is 0.863. The first kappa shape index (κ1) is 19.1. The van der Waals surface area contributed by atoms with Gasteiger partial charge in [0.05, 0.1) is 11.3 Å². The van der Waals surface area contributed by atoms with Gasteiger partial charge in [-0.2, -0.15) is 0 Å². The lowest BCUT2D eigenvalue weighted by Crippen LogP contribution is -2.69. The van der Waals surface area contributed by atoms with Crippen LogP contribution >= 0.6 is 0 Å². The Balaban J connectivity index is 1.84. The lowest BCUT2D eigenvalue weighted by atomic mass is 9.94. The van der Waals surface area contributed by atoms with Gasteiger partial charge in [-0.1, -0.05) is 26.0 Å². The number of anilines is 2. The molecule has 0 radical (unpaired) electrons. The highest BCUT2D eigenvalue weighted by Gasteiger charge is 2.60. The molecule has 0 unspecified atom stereocenters. The maximum absolute atomic E-state index is 13.6. The number of rotatable bonds is 4. The summed E-state index contributed by atoms with van der Waals surface area (Å²) in [6.45, 7) is 4.24. The topological polar surface area (TPSA) is 69.7 Å². The van der Waals surface area contributed by atoms with Crippen LogP contribution in [0.3, 0.4) is 0 Å². The predicted octanol–water partition coefficient (Wildman–Crippen LogP) is 3.40. The van der Waals surface area contributed by atoms with Gasteiger partial charge in [-0.15, -0.1) is 0 Å². The molecule has 150 valence electrons. The van der Waals surface area contributed by atoms with E-state index in [0.717, 1.165) is 0 Å². The van der Waals surface area contributed by atoms with E-state index < -0.39 is 17.4 Å². The highest BCUT2D eigenvalue weighted by Crippen LogP contribution is 2.45. The Kier molecular flexibility index (Phi) is 4.61. The number of hydrogen-bond donors (Lipinski definition) is 1. The van der Waals surface area contributed by atoms with Crippen molar-refractivity contribution in [1.82, 2.24) is 4.90 Å². The van der Waals surface area contributed by atoms with Crippen LogP contribution in [0.2, 0.25) is 0 Å². The van der Waals surface area contributed by atoms with E-state index in [2.05, 4.69) is 5.32 Å². The third kappa shape index (κ3) is 2.97. The van der Waals surface area contributed by atoms with Crippen LogP contribution in [-0.2, 0) is 9.59 Å². The van der Waals surface area contributed by atoms with Crippen LogP contribution in [0.4, 0.5) is 15.8 Å². The molecule has 2 aliphatic heterocycles. The van der Waals surface area contributed by atoms with Gasteiger partial charge in [-0.05, 0) is 42.3 Å². The highest BCUT2D eigenvalue weighted by atomic mass is 19.1. The summed E-state index contributed by atoms with van der Waals surface area (Å²) in [7, 11) is 0. The van der Waals surface area contributed by atoms with E-state index in [-0.39, 0.29) is 30.6 Å². The first-order chi connectivity index (χ1) is 13.8. The summed E-state index contributed by atoms with van der Waals surface area (Å²) < 4.78 is 13.2. The minimum atomic E-state index is -1.44. The second kappa shape index (κ2) is 6.99. The second-order valence-corrected chi connectivity index (χ2v) is 7.83. The number of nitrogens with zero attached hydrogens (tertiary/aromatic N) is 2. The molecule has 0 aromatic heterocycles. The fraction of sp³-hybridized carbons (Fsp3) is 0.318. The highest BCUT2D eigenvalue weighted by molar-refractivity contribution is 6.18. The summed E-state index contributed by atoms with van der Waals surface area (Å²) in [4.78, 5) is 42.8. The van der Waals surface area contributed by atoms with E-state index in [1.165, 1.54) is 34.1 Å². The van der Waals surface area contributed by atoms with Gasteiger partial charge in [0.2, 0.25) is 11.6 Å². The monoisotopic (exact) mass is 395 g/mol. The van der Waals surface area contributed by atoms with E-state index in [9.17, 15) is 18.8 Å². The van der Waals surface area contributed by atoms with E-state index in [0.29, 0.717) is 23.5 Å². The van der Waals surface area contributed by atoms with Crippen LogP contribution in [0, 0.1) is 11.7 Å². The zero-order valence-corrected chi connectivity index (χ0v) is 16.3. The molecular formula is C22H22FN3O3. The molecule has 3 amide bonds. The Labute approximate surface area is 168 Å². The number of para-hydroxylation sites is 1. The second-order valence-electron chi connectivity index (χ2n) is 7.83. The number of amides is 3. The zero-order valence-electron chi connectivity index (χ0n) is 16.3. The maximum Gasteiger partial charge on any atom is 0.271 e. The van der Waals surface area contributed by atoms with Gasteiger partial charge < -0.3 is 10.2 Å². The summed E-state index contributed by atoms with van der Waals surface area (Å²) >= 11 is 0. The molecule has 0 aliphatic carbocycles. The van der Waals surface area contributed by atoms with Gasteiger partial charge in [0, 0.05) is 25.1 Å². The number of fused-ring (bicyclic) bond motifs is 3. The molecule has 4 rings (SSSR count). The van der Waals surface area contributed by atoms with Gasteiger partial charge in [-0.3, -0.25) is 19.3 Å². The van der Waals surface area contributed by atoms with Crippen molar-refractivity contribution in [3.63, 3.8) is 0 Å². The molecular weight excluding hydrogens is 373 g/mol.